The van der Waals surface area contributed by atoms with Crippen LogP contribution in [0.5, 0.6) is 17.2 Å². The van der Waals surface area contributed by atoms with Crippen LogP contribution in [-0.2, 0) is 35.2 Å². The van der Waals surface area contributed by atoms with E-state index in [1.165, 1.54) is 51.3 Å². The summed E-state index contributed by atoms with van der Waals surface area (Å²) < 4.78 is 15.8. The van der Waals surface area contributed by atoms with Crippen LogP contribution in [0.25, 0.3) is 53.9 Å². The lowest BCUT2D eigenvalue weighted by atomic mass is 9.92. The van der Waals surface area contributed by atoms with Gasteiger partial charge >= 0.3 is 11.9 Å². The summed E-state index contributed by atoms with van der Waals surface area (Å²) in [4.78, 5) is 121. The quantitative estimate of drug-likeness (QED) is 0.0885. The number of rotatable bonds is 6. The molecule has 7 rings (SSSR count). The fourth-order valence-electron chi connectivity index (χ4n) is 7.27. The molecule has 0 spiro atoms. The van der Waals surface area contributed by atoms with Crippen molar-refractivity contribution in [1.29, 1.82) is 0 Å². The number of fused-ring (bicyclic) bond motifs is 6. The maximum atomic E-state index is 14.4. The van der Waals surface area contributed by atoms with Crippen LogP contribution in [0, 0.1) is 6.92 Å². The predicted molar refractivity (Wildman–Crippen MR) is 196 cm³/mol. The standard InChI is InChI=1S/C38H29N3O14/c1-14-10-19-27(37(51)40(14)12-22(43)41-11-20(39-36(50)15(41)2)38(52)55-13-23(44)53-3)33(48)25-17(30(19)45)8-9-18-26(25)34(49)28-29(35(18)54-4)32(47)24-16(31(28)46)6-5-7-21(24)42/h5-10,15,20,46-47H,11-13H2,1-4H3,(H,39,50). The van der Waals surface area contributed by atoms with Crippen molar-refractivity contribution in [3.63, 3.8) is 0 Å². The number of nitrogens with zero attached hydrogens (tertiary/aromatic N) is 2. The van der Waals surface area contributed by atoms with Crippen molar-refractivity contribution in [3.05, 3.63) is 93.3 Å². The van der Waals surface area contributed by atoms with Crippen LogP contribution in [0.2, 0.25) is 0 Å². The number of esters is 2. The number of phenolic OH excluding ortho intramolecular Hbond substituents is 2. The van der Waals surface area contributed by atoms with Gasteiger partial charge in [0.05, 0.1) is 42.3 Å². The van der Waals surface area contributed by atoms with Crippen molar-refractivity contribution in [3.8, 4) is 17.2 Å². The number of aryl methyl sites for hydroxylation is 1. The molecule has 17 nitrogen and oxygen atoms in total. The summed E-state index contributed by atoms with van der Waals surface area (Å²) in [5, 5.41) is 21.6. The number of hydrogen-bond donors (Lipinski definition) is 3. The first-order valence-electron chi connectivity index (χ1n) is 16.6. The molecule has 1 aliphatic heterocycles. The monoisotopic (exact) mass is 751 g/mol. The van der Waals surface area contributed by atoms with Crippen molar-refractivity contribution in [2.45, 2.75) is 32.5 Å². The number of benzene rings is 5. The van der Waals surface area contributed by atoms with E-state index in [0.29, 0.717) is 0 Å². The van der Waals surface area contributed by atoms with Crippen LogP contribution in [-0.4, -0.2) is 82.9 Å². The lowest BCUT2D eigenvalue weighted by Crippen LogP contribution is -2.63. The van der Waals surface area contributed by atoms with Crippen molar-refractivity contribution < 1.29 is 43.6 Å². The number of nitrogens with one attached hydrogen (secondary N) is 1. The van der Waals surface area contributed by atoms with Crippen LogP contribution in [0.1, 0.15) is 12.6 Å². The average molecular weight is 752 g/mol. The van der Waals surface area contributed by atoms with E-state index in [9.17, 15) is 53.4 Å². The summed E-state index contributed by atoms with van der Waals surface area (Å²) in [7, 11) is 2.28. The number of amides is 2. The Hall–Kier alpha value is -7.17. The van der Waals surface area contributed by atoms with Gasteiger partial charge in [0.15, 0.2) is 22.9 Å². The summed E-state index contributed by atoms with van der Waals surface area (Å²) in [6.45, 7) is 0.934. The Bertz CT molecular complexity index is 3030. The molecule has 5 aromatic carbocycles. The number of piperazine rings is 1. The van der Waals surface area contributed by atoms with Gasteiger partial charge in [-0.05, 0) is 38.1 Å². The van der Waals surface area contributed by atoms with Gasteiger partial charge in [-0.25, -0.2) is 9.59 Å². The summed E-state index contributed by atoms with van der Waals surface area (Å²) in [6, 6.07) is 5.13. The van der Waals surface area contributed by atoms with Crippen LogP contribution in [0.3, 0.4) is 0 Å². The van der Waals surface area contributed by atoms with Crippen LogP contribution in [0.4, 0.5) is 0 Å². The zero-order chi connectivity index (χ0) is 39.8. The number of methoxy groups -OCH3 is 2. The lowest BCUT2D eigenvalue weighted by Gasteiger charge is -2.36. The number of ether oxygens (including phenoxy) is 3. The van der Waals surface area contributed by atoms with Crippen LogP contribution in [0.15, 0.2) is 60.4 Å². The Kier molecular flexibility index (Phi) is 8.59. The van der Waals surface area contributed by atoms with Gasteiger partial charge in [0.25, 0.3) is 5.56 Å². The predicted octanol–water partition coefficient (Wildman–Crippen LogP) is 0.0906. The molecule has 2 atom stereocenters. The van der Waals surface area contributed by atoms with E-state index in [1.807, 2.05) is 0 Å². The molecular formula is C38H29N3O14. The Morgan fingerprint density at radius 1 is 0.800 bits per heavy atom. The molecule has 2 unspecified atom stereocenters. The minimum Gasteiger partial charge on any atom is -0.506 e. The van der Waals surface area contributed by atoms with Crippen molar-refractivity contribution in [2.75, 3.05) is 27.4 Å². The third kappa shape index (κ3) is 5.33. The zero-order valence-electron chi connectivity index (χ0n) is 29.4. The summed E-state index contributed by atoms with van der Waals surface area (Å²) in [5.74, 6) is -4.95. The minimum atomic E-state index is -1.36. The molecule has 1 aromatic heterocycles. The van der Waals surface area contributed by atoms with Crippen LogP contribution < -0.4 is 37.3 Å². The molecule has 2 amide bonds. The van der Waals surface area contributed by atoms with Gasteiger partial charge in [-0.2, -0.15) is 0 Å². The number of pyridine rings is 1. The second-order valence-electron chi connectivity index (χ2n) is 13.0. The zero-order valence-corrected chi connectivity index (χ0v) is 29.4. The number of hydrogen-bond acceptors (Lipinski definition) is 14. The van der Waals surface area contributed by atoms with Gasteiger partial charge in [-0.3, -0.25) is 33.6 Å². The van der Waals surface area contributed by atoms with Gasteiger partial charge in [-0.1, -0.05) is 12.1 Å². The van der Waals surface area contributed by atoms with E-state index in [-0.39, 0.29) is 43.8 Å². The molecule has 55 heavy (non-hydrogen) atoms. The fourth-order valence-corrected chi connectivity index (χ4v) is 7.27. The third-order valence-corrected chi connectivity index (χ3v) is 10.0. The Morgan fingerprint density at radius 3 is 2.16 bits per heavy atom. The summed E-state index contributed by atoms with van der Waals surface area (Å²) in [6.07, 6.45) is 0. The molecule has 0 radical (unpaired) electrons. The van der Waals surface area contributed by atoms with E-state index in [2.05, 4.69) is 10.1 Å². The van der Waals surface area contributed by atoms with Crippen LogP contribution >= 0.6 is 0 Å². The van der Waals surface area contributed by atoms with Gasteiger partial charge < -0.3 is 39.2 Å². The summed E-state index contributed by atoms with van der Waals surface area (Å²) in [5.41, 5.74) is -4.47. The molecule has 1 fully saturated rings. The molecule has 6 aromatic rings. The molecule has 1 aliphatic rings. The number of phenols is 2. The number of carbonyl (C=O) groups is 4. The second-order valence-corrected chi connectivity index (χ2v) is 13.0. The molecule has 280 valence electrons. The molecule has 0 aliphatic carbocycles. The maximum Gasteiger partial charge on any atom is 0.344 e. The molecule has 3 N–H and O–H groups in total. The van der Waals surface area contributed by atoms with E-state index in [1.54, 1.807) is 0 Å². The third-order valence-electron chi connectivity index (χ3n) is 10.0. The topological polar surface area (TPSA) is 242 Å². The summed E-state index contributed by atoms with van der Waals surface area (Å²) >= 11 is 0. The molecule has 2 heterocycles. The number of aromatic hydroxyl groups is 2. The number of carbonyl (C=O) groups excluding carboxylic acids is 4. The van der Waals surface area contributed by atoms with Crippen molar-refractivity contribution in [1.82, 2.24) is 14.8 Å². The second kappa shape index (κ2) is 13.0. The van der Waals surface area contributed by atoms with Crippen molar-refractivity contribution >= 4 is 77.6 Å². The van der Waals surface area contributed by atoms with E-state index in [0.717, 1.165) is 22.6 Å². The highest BCUT2D eigenvalue weighted by molar-refractivity contribution is 6.22. The lowest BCUT2D eigenvalue weighted by molar-refractivity contribution is -0.161. The van der Waals surface area contributed by atoms with E-state index >= 15 is 0 Å². The molecule has 0 bridgehead atoms. The highest BCUT2D eigenvalue weighted by atomic mass is 16.6. The average Bonchev–Trinajstić information content (AvgIpc) is 3.16. The van der Waals surface area contributed by atoms with Gasteiger partial charge in [0, 0.05) is 38.0 Å². The van der Waals surface area contributed by atoms with Gasteiger partial charge in [0.1, 0.15) is 35.9 Å². The normalized spacial score (nSPS) is 15.9. The van der Waals surface area contributed by atoms with Gasteiger partial charge in [0.2, 0.25) is 17.2 Å². The molecular weight excluding hydrogens is 722 g/mol. The molecule has 17 heteroatoms. The van der Waals surface area contributed by atoms with E-state index in [4.69, 9.17) is 9.47 Å². The highest BCUT2D eigenvalue weighted by Gasteiger charge is 2.39. The maximum absolute atomic E-state index is 14.4. The SMILES string of the molecule is COC(=O)COC(=O)C1CN(C(=O)Cn2c(C)cc3c(=O)c4ccc5c(OC)c6c(O)c7c(=O)cccc7c(O)c6c(=O)c5c4c(=O)c3c2=O)C(C)C(=O)N1. The highest BCUT2D eigenvalue weighted by Crippen LogP contribution is 2.46. The molecule has 0 saturated carbocycles. The Morgan fingerprint density at radius 2 is 1.47 bits per heavy atom. The first kappa shape index (κ1) is 36.2. The minimum absolute atomic E-state index is 0.0691. The fraction of sp³-hybridized carbons (Fsp3) is 0.237. The largest absolute Gasteiger partial charge is 0.506 e. The molecule has 1 saturated heterocycles. The van der Waals surface area contributed by atoms with E-state index < -0.39 is 116 Å². The van der Waals surface area contributed by atoms with Crippen molar-refractivity contribution in [2.24, 2.45) is 0 Å². The first-order valence-corrected chi connectivity index (χ1v) is 16.6. The Balaban J connectivity index is 1.42. The smallest absolute Gasteiger partial charge is 0.344 e. The first-order chi connectivity index (χ1) is 26.1. The number of aromatic nitrogens is 1. The van der Waals surface area contributed by atoms with Gasteiger partial charge in [-0.15, -0.1) is 0 Å². The Labute approximate surface area is 306 Å².